The van der Waals surface area contributed by atoms with Gasteiger partial charge in [0.1, 0.15) is 0 Å². The van der Waals surface area contributed by atoms with Crippen LogP contribution in [0.2, 0.25) is 0 Å². The maximum Gasteiger partial charge on any atom is 0.0774 e. The minimum atomic E-state index is 0. The van der Waals surface area contributed by atoms with Crippen LogP contribution in [0.3, 0.4) is 0 Å². The molecule has 7 aromatic rings. The van der Waals surface area contributed by atoms with Gasteiger partial charge in [0.25, 0.3) is 0 Å². The van der Waals surface area contributed by atoms with E-state index in [1.54, 1.807) is 17.5 Å². The Hall–Kier alpha value is -3.89. The number of hydrogen-bond acceptors (Lipinski definition) is 3. The molecule has 0 spiro atoms. The Morgan fingerprint density at radius 1 is 0.792 bits per heavy atom. The molecule has 0 aliphatic rings. The number of aromatic nitrogens is 3. The average molecular weight is 826 g/mol. The zero-order valence-corrected chi connectivity index (χ0v) is 32.0. The van der Waals surface area contributed by atoms with Crippen molar-refractivity contribution in [1.29, 1.82) is 0 Å². The molecule has 0 unspecified atom stereocenters. The molecule has 0 aliphatic heterocycles. The first-order valence-corrected chi connectivity index (χ1v) is 17.3. The molecule has 0 atom stereocenters. The second-order valence-electron chi connectivity index (χ2n) is 14.0. The van der Waals surface area contributed by atoms with Gasteiger partial charge in [0.05, 0.1) is 16.9 Å². The number of thiophene rings is 1. The Bertz CT molecular complexity index is 2040. The molecule has 0 bridgehead atoms. The van der Waals surface area contributed by atoms with E-state index < -0.39 is 0 Å². The fourth-order valence-electron chi connectivity index (χ4n) is 6.18. The van der Waals surface area contributed by atoms with E-state index in [0.29, 0.717) is 11.8 Å². The summed E-state index contributed by atoms with van der Waals surface area (Å²) in [5, 5.41) is 4.90. The third-order valence-electron chi connectivity index (χ3n) is 8.31. The van der Waals surface area contributed by atoms with Crippen LogP contribution in [0.15, 0.2) is 109 Å². The monoisotopic (exact) mass is 826 g/mol. The van der Waals surface area contributed by atoms with Crippen LogP contribution in [-0.2, 0) is 26.5 Å². The van der Waals surface area contributed by atoms with E-state index in [1.807, 2.05) is 42.5 Å². The van der Waals surface area contributed by atoms with E-state index in [4.69, 9.17) is 4.98 Å². The fraction of sp³-hybridized carbons (Fsp3) is 0.256. The summed E-state index contributed by atoms with van der Waals surface area (Å²) in [5.41, 5.74) is 10.9. The van der Waals surface area contributed by atoms with Crippen LogP contribution in [0.4, 0.5) is 0 Å². The first-order valence-electron chi connectivity index (χ1n) is 16.5. The minimum Gasteiger partial charge on any atom is -0.333 e. The summed E-state index contributed by atoms with van der Waals surface area (Å²) < 4.78 is 3.67. The molecule has 5 heteroatoms. The number of imidazole rings is 1. The standard InChI is InChI=1S/C32H35N2S.C11H8N.Ir/c1-20(2)23-11-10-12-24(21(3)4)30(23)34-28-14-9-8-13-27(28)33-31(34)26-19-35-29-16-15-22(17-25(26)29)18-32(5,6)7;1-2-6-10(7-3-1)11-8-4-5-9-12-11;/h8-17,20-21H,18H2,1-7H3;1-6,8-9H;/q2*-1;. The van der Waals surface area contributed by atoms with Crippen molar-refractivity contribution < 1.29 is 20.1 Å². The van der Waals surface area contributed by atoms with Crippen LogP contribution in [0.1, 0.15) is 77.0 Å². The van der Waals surface area contributed by atoms with Crippen molar-refractivity contribution in [2.24, 2.45) is 5.41 Å². The van der Waals surface area contributed by atoms with Crippen molar-refractivity contribution in [1.82, 2.24) is 14.5 Å². The van der Waals surface area contributed by atoms with Crippen molar-refractivity contribution in [3.05, 3.63) is 137 Å². The van der Waals surface area contributed by atoms with Crippen molar-refractivity contribution in [2.45, 2.75) is 66.7 Å². The summed E-state index contributed by atoms with van der Waals surface area (Å²) in [6, 6.07) is 39.0. The van der Waals surface area contributed by atoms with E-state index in [9.17, 15) is 0 Å². The summed E-state index contributed by atoms with van der Waals surface area (Å²) in [7, 11) is 0. The predicted octanol–water partition coefficient (Wildman–Crippen LogP) is 12.1. The predicted molar refractivity (Wildman–Crippen MR) is 201 cm³/mol. The summed E-state index contributed by atoms with van der Waals surface area (Å²) in [4.78, 5) is 9.44. The Kier molecular flexibility index (Phi) is 11.2. The van der Waals surface area contributed by atoms with Crippen LogP contribution in [0, 0.1) is 16.9 Å². The summed E-state index contributed by atoms with van der Waals surface area (Å²) in [6.45, 7) is 16.0. The van der Waals surface area contributed by atoms with Crippen LogP contribution in [0.25, 0.3) is 49.5 Å². The second-order valence-corrected chi connectivity index (χ2v) is 14.8. The first-order chi connectivity index (χ1) is 22.6. The Morgan fingerprint density at radius 2 is 1.50 bits per heavy atom. The van der Waals surface area contributed by atoms with E-state index in [-0.39, 0.29) is 25.5 Å². The molecule has 48 heavy (non-hydrogen) atoms. The molecule has 3 heterocycles. The molecule has 0 amide bonds. The summed E-state index contributed by atoms with van der Waals surface area (Å²) in [5.74, 6) is 1.79. The van der Waals surface area contributed by atoms with E-state index in [2.05, 4.69) is 130 Å². The number of benzene rings is 4. The number of rotatable bonds is 6. The smallest absolute Gasteiger partial charge is 0.0774 e. The molecule has 0 fully saturated rings. The van der Waals surface area contributed by atoms with Gasteiger partial charge in [-0.3, -0.25) is 16.3 Å². The maximum atomic E-state index is 5.23. The number of nitrogens with zero attached hydrogens (tertiary/aromatic N) is 3. The molecule has 1 radical (unpaired) electrons. The van der Waals surface area contributed by atoms with Crippen LogP contribution in [0.5, 0.6) is 0 Å². The number of para-hydroxylation sites is 3. The van der Waals surface area contributed by atoms with Gasteiger partial charge in [0.2, 0.25) is 0 Å². The van der Waals surface area contributed by atoms with Crippen LogP contribution < -0.4 is 0 Å². The molecule has 3 aromatic heterocycles. The Labute approximate surface area is 303 Å². The summed E-state index contributed by atoms with van der Waals surface area (Å²) >= 11 is 1.69. The normalized spacial score (nSPS) is 11.5. The van der Waals surface area contributed by atoms with Gasteiger partial charge < -0.3 is 9.55 Å². The van der Waals surface area contributed by atoms with Gasteiger partial charge in [-0.15, -0.1) is 47.3 Å². The quantitative estimate of drug-likeness (QED) is 0.156. The van der Waals surface area contributed by atoms with E-state index in [0.717, 1.165) is 40.1 Å². The van der Waals surface area contributed by atoms with Gasteiger partial charge in [-0.2, -0.15) is 0 Å². The minimum absolute atomic E-state index is 0. The van der Waals surface area contributed by atoms with Crippen molar-refractivity contribution in [3.8, 4) is 28.3 Å². The first kappa shape index (κ1) is 35.4. The zero-order valence-electron chi connectivity index (χ0n) is 28.8. The third kappa shape index (κ3) is 7.70. The Morgan fingerprint density at radius 3 is 2.15 bits per heavy atom. The molecular formula is C43H43IrN3S-2. The molecule has 0 N–H and O–H groups in total. The third-order valence-corrected chi connectivity index (χ3v) is 9.19. The number of pyridine rings is 1. The Balaban J connectivity index is 0.000000291. The number of fused-ring (bicyclic) bond motifs is 2. The molecule has 7 rings (SSSR count). The SMILES string of the molecule is CC(C)c1cccc(C(C)C)c1-n1c(-c2[c-]sc3ccc(CC(C)(C)C)cc23)nc2ccccc21.[Ir].[c-]1ccccc1-c1ccccn1. The maximum absolute atomic E-state index is 5.23. The van der Waals surface area contributed by atoms with Gasteiger partial charge in [0.15, 0.2) is 0 Å². The summed E-state index contributed by atoms with van der Waals surface area (Å²) in [6.07, 6.45) is 2.83. The average Bonchev–Trinajstić information content (AvgIpc) is 3.65. The van der Waals surface area contributed by atoms with Crippen molar-refractivity contribution in [3.63, 3.8) is 0 Å². The van der Waals surface area contributed by atoms with E-state index in [1.165, 1.54) is 32.5 Å². The molecule has 247 valence electrons. The molecule has 3 nitrogen and oxygen atoms in total. The van der Waals surface area contributed by atoms with Gasteiger partial charge >= 0.3 is 0 Å². The largest absolute Gasteiger partial charge is 0.333 e. The fourth-order valence-corrected chi connectivity index (χ4v) is 7.00. The molecule has 4 aromatic carbocycles. The van der Waals surface area contributed by atoms with Crippen LogP contribution in [-0.4, -0.2) is 14.5 Å². The number of hydrogen-bond donors (Lipinski definition) is 0. The van der Waals surface area contributed by atoms with Gasteiger partial charge in [0, 0.05) is 32.0 Å². The topological polar surface area (TPSA) is 30.7 Å². The van der Waals surface area contributed by atoms with Gasteiger partial charge in [-0.1, -0.05) is 124 Å². The molecule has 0 aliphatic carbocycles. The van der Waals surface area contributed by atoms with Crippen LogP contribution >= 0.6 is 11.3 Å². The zero-order chi connectivity index (χ0) is 33.1. The van der Waals surface area contributed by atoms with Crippen molar-refractivity contribution in [2.75, 3.05) is 0 Å². The van der Waals surface area contributed by atoms with E-state index >= 15 is 0 Å². The van der Waals surface area contributed by atoms with Gasteiger partial charge in [-0.05, 0) is 58.7 Å². The molecular weight excluding hydrogens is 783 g/mol. The van der Waals surface area contributed by atoms with Crippen molar-refractivity contribution >= 4 is 32.5 Å². The second kappa shape index (κ2) is 15.1. The molecule has 0 saturated carbocycles. The van der Waals surface area contributed by atoms with Gasteiger partial charge in [-0.25, -0.2) is 0 Å². The molecule has 0 saturated heterocycles.